The number of hydrogen-bond donors (Lipinski definition) is 2. The summed E-state index contributed by atoms with van der Waals surface area (Å²) in [7, 11) is 1.82. The minimum absolute atomic E-state index is 0. The Morgan fingerprint density at radius 1 is 1.12 bits per heavy atom. The first-order valence-corrected chi connectivity index (χ1v) is 9.65. The predicted molar refractivity (Wildman–Crippen MR) is 120 cm³/mol. The van der Waals surface area contributed by atoms with Gasteiger partial charge in [-0.2, -0.15) is 0 Å². The van der Waals surface area contributed by atoms with Gasteiger partial charge < -0.3 is 15.4 Å². The molecule has 26 heavy (non-hydrogen) atoms. The number of halogens is 1. The SMILES string of the molecule is CCOCCCNC(=NC)NCc1ccccc1CN1CCCCC1.I. The monoisotopic (exact) mass is 474 g/mol. The van der Waals surface area contributed by atoms with Gasteiger partial charge in [0, 0.05) is 39.9 Å². The van der Waals surface area contributed by atoms with Gasteiger partial charge in [0.2, 0.25) is 0 Å². The fourth-order valence-electron chi connectivity index (χ4n) is 3.17. The van der Waals surface area contributed by atoms with Crippen LogP contribution in [0.15, 0.2) is 29.3 Å². The van der Waals surface area contributed by atoms with Gasteiger partial charge in [0.05, 0.1) is 0 Å². The van der Waals surface area contributed by atoms with E-state index in [1.807, 2.05) is 14.0 Å². The molecule has 1 saturated heterocycles. The van der Waals surface area contributed by atoms with Crippen molar-refractivity contribution >= 4 is 29.9 Å². The molecule has 1 aliphatic rings. The molecule has 1 aromatic carbocycles. The van der Waals surface area contributed by atoms with Crippen LogP contribution in [0.3, 0.4) is 0 Å². The summed E-state index contributed by atoms with van der Waals surface area (Å²) in [6.07, 6.45) is 5.03. The van der Waals surface area contributed by atoms with Gasteiger partial charge in [0.15, 0.2) is 5.96 Å². The molecule has 0 spiro atoms. The lowest BCUT2D eigenvalue weighted by Gasteiger charge is -2.27. The second kappa shape index (κ2) is 14.2. The summed E-state index contributed by atoms with van der Waals surface area (Å²) in [5, 5.41) is 6.78. The van der Waals surface area contributed by atoms with E-state index in [-0.39, 0.29) is 24.0 Å². The number of piperidine rings is 1. The summed E-state index contributed by atoms with van der Waals surface area (Å²) in [6, 6.07) is 8.73. The van der Waals surface area contributed by atoms with E-state index in [9.17, 15) is 0 Å². The highest BCUT2D eigenvalue weighted by Gasteiger charge is 2.12. The van der Waals surface area contributed by atoms with Crippen molar-refractivity contribution < 1.29 is 4.74 Å². The van der Waals surface area contributed by atoms with E-state index in [1.54, 1.807) is 0 Å². The summed E-state index contributed by atoms with van der Waals surface area (Å²) in [6.45, 7) is 8.77. The molecule has 0 radical (unpaired) electrons. The Hall–Kier alpha value is -0.860. The molecular weight excluding hydrogens is 439 g/mol. The zero-order valence-electron chi connectivity index (χ0n) is 16.3. The van der Waals surface area contributed by atoms with Gasteiger partial charge >= 0.3 is 0 Å². The molecule has 0 aromatic heterocycles. The number of rotatable bonds is 9. The molecule has 5 nitrogen and oxygen atoms in total. The topological polar surface area (TPSA) is 48.9 Å². The number of benzene rings is 1. The lowest BCUT2D eigenvalue weighted by atomic mass is 10.0. The summed E-state index contributed by atoms with van der Waals surface area (Å²) in [5.74, 6) is 0.851. The van der Waals surface area contributed by atoms with Crippen molar-refractivity contribution in [2.45, 2.75) is 45.7 Å². The van der Waals surface area contributed by atoms with Crippen molar-refractivity contribution in [3.05, 3.63) is 35.4 Å². The smallest absolute Gasteiger partial charge is 0.191 e. The minimum Gasteiger partial charge on any atom is -0.382 e. The molecule has 0 bridgehead atoms. The fraction of sp³-hybridized carbons (Fsp3) is 0.650. The van der Waals surface area contributed by atoms with Crippen LogP contribution in [-0.2, 0) is 17.8 Å². The van der Waals surface area contributed by atoms with Crippen LogP contribution in [0.1, 0.15) is 43.7 Å². The van der Waals surface area contributed by atoms with Gasteiger partial charge in [-0.1, -0.05) is 30.7 Å². The molecule has 0 saturated carbocycles. The van der Waals surface area contributed by atoms with Gasteiger partial charge in [-0.05, 0) is 50.4 Å². The maximum atomic E-state index is 5.36. The van der Waals surface area contributed by atoms with Crippen LogP contribution in [0.4, 0.5) is 0 Å². The van der Waals surface area contributed by atoms with E-state index in [0.717, 1.165) is 45.2 Å². The van der Waals surface area contributed by atoms with Gasteiger partial charge in [0.1, 0.15) is 0 Å². The molecule has 0 atom stereocenters. The Bertz CT molecular complexity index is 518. The third-order valence-electron chi connectivity index (χ3n) is 4.59. The van der Waals surface area contributed by atoms with Crippen LogP contribution in [-0.4, -0.2) is 50.8 Å². The zero-order valence-corrected chi connectivity index (χ0v) is 18.6. The van der Waals surface area contributed by atoms with E-state index >= 15 is 0 Å². The minimum atomic E-state index is 0. The van der Waals surface area contributed by atoms with Crippen LogP contribution < -0.4 is 10.6 Å². The average Bonchev–Trinajstić information content (AvgIpc) is 2.66. The quantitative estimate of drug-likeness (QED) is 0.250. The molecule has 1 aromatic rings. The zero-order chi connectivity index (χ0) is 17.7. The highest BCUT2D eigenvalue weighted by Crippen LogP contribution is 2.16. The number of guanidine groups is 1. The molecule has 1 heterocycles. The molecule has 1 fully saturated rings. The molecule has 0 aliphatic carbocycles. The molecule has 1 aliphatic heterocycles. The molecule has 148 valence electrons. The maximum absolute atomic E-state index is 5.36. The van der Waals surface area contributed by atoms with E-state index in [2.05, 4.69) is 44.8 Å². The standard InChI is InChI=1S/C20H34N4O.HI/c1-3-25-15-9-12-22-20(21-2)23-16-18-10-5-6-11-19(18)17-24-13-7-4-8-14-24;/h5-6,10-11H,3-4,7-9,12-17H2,1-2H3,(H2,21,22,23);1H. The Balaban J connectivity index is 0.00000338. The molecule has 6 heteroatoms. The van der Waals surface area contributed by atoms with Crippen LogP contribution in [0, 0.1) is 0 Å². The molecule has 0 amide bonds. The number of nitrogens with one attached hydrogen (secondary N) is 2. The lowest BCUT2D eigenvalue weighted by molar-refractivity contribution is 0.145. The maximum Gasteiger partial charge on any atom is 0.191 e. The summed E-state index contributed by atoms with van der Waals surface area (Å²) in [5.41, 5.74) is 2.77. The van der Waals surface area contributed by atoms with Crippen LogP contribution in [0.25, 0.3) is 0 Å². The molecule has 2 rings (SSSR count). The van der Waals surface area contributed by atoms with Crippen molar-refractivity contribution in [3.8, 4) is 0 Å². The second-order valence-electron chi connectivity index (χ2n) is 6.51. The van der Waals surface area contributed by atoms with E-state index in [4.69, 9.17) is 4.74 Å². The Morgan fingerprint density at radius 2 is 1.85 bits per heavy atom. The predicted octanol–water partition coefficient (Wildman–Crippen LogP) is 3.38. The van der Waals surface area contributed by atoms with Gasteiger partial charge in [-0.25, -0.2) is 0 Å². The van der Waals surface area contributed by atoms with E-state index < -0.39 is 0 Å². The molecule has 2 N–H and O–H groups in total. The lowest BCUT2D eigenvalue weighted by Crippen LogP contribution is -2.38. The number of aliphatic imine (C=N–C) groups is 1. The highest BCUT2D eigenvalue weighted by molar-refractivity contribution is 14.0. The van der Waals surface area contributed by atoms with Crippen molar-refractivity contribution in [1.29, 1.82) is 0 Å². The Labute approximate surface area is 176 Å². The first kappa shape index (κ1) is 23.2. The van der Waals surface area contributed by atoms with Gasteiger partial charge in [-0.3, -0.25) is 9.89 Å². The first-order chi connectivity index (χ1) is 12.3. The third kappa shape index (κ3) is 8.68. The van der Waals surface area contributed by atoms with E-state index in [1.165, 1.54) is 43.5 Å². The third-order valence-corrected chi connectivity index (χ3v) is 4.59. The number of likely N-dealkylation sites (tertiary alicyclic amines) is 1. The number of ether oxygens (including phenoxy) is 1. The second-order valence-corrected chi connectivity index (χ2v) is 6.51. The average molecular weight is 474 g/mol. The van der Waals surface area contributed by atoms with Gasteiger partial charge in [0.25, 0.3) is 0 Å². The van der Waals surface area contributed by atoms with Crippen molar-refractivity contribution in [2.24, 2.45) is 4.99 Å². The molecule has 0 unspecified atom stereocenters. The largest absolute Gasteiger partial charge is 0.382 e. The van der Waals surface area contributed by atoms with Crippen molar-refractivity contribution in [3.63, 3.8) is 0 Å². The van der Waals surface area contributed by atoms with Crippen LogP contribution in [0.5, 0.6) is 0 Å². The van der Waals surface area contributed by atoms with Crippen molar-refractivity contribution in [2.75, 3.05) is 39.9 Å². The first-order valence-electron chi connectivity index (χ1n) is 9.65. The van der Waals surface area contributed by atoms with Crippen LogP contribution in [0.2, 0.25) is 0 Å². The summed E-state index contributed by atoms with van der Waals surface area (Å²) >= 11 is 0. The van der Waals surface area contributed by atoms with E-state index in [0.29, 0.717) is 0 Å². The normalized spacial score (nSPS) is 15.4. The Kier molecular flexibility index (Phi) is 12.7. The number of nitrogens with zero attached hydrogens (tertiary/aromatic N) is 2. The Morgan fingerprint density at radius 3 is 2.54 bits per heavy atom. The summed E-state index contributed by atoms with van der Waals surface area (Å²) < 4.78 is 5.36. The van der Waals surface area contributed by atoms with Gasteiger partial charge in [-0.15, -0.1) is 24.0 Å². The highest BCUT2D eigenvalue weighted by atomic mass is 127. The summed E-state index contributed by atoms with van der Waals surface area (Å²) in [4.78, 5) is 6.88. The van der Waals surface area contributed by atoms with Crippen molar-refractivity contribution in [1.82, 2.24) is 15.5 Å². The molecular formula is C20H35IN4O. The van der Waals surface area contributed by atoms with Crippen LogP contribution >= 0.6 is 24.0 Å². The fourth-order valence-corrected chi connectivity index (χ4v) is 3.17. The number of hydrogen-bond acceptors (Lipinski definition) is 3.